The molecule has 0 amide bonds. The normalized spacial score (nSPS) is 12.4. The van der Waals surface area contributed by atoms with Crippen molar-refractivity contribution in [3.8, 4) is 0 Å². The Kier molecular flexibility index (Phi) is 2.92. The van der Waals surface area contributed by atoms with E-state index in [9.17, 15) is 18.0 Å². The number of hydrogen-bond acceptors (Lipinski definition) is 1. The molecule has 0 saturated heterocycles. The van der Waals surface area contributed by atoms with Crippen molar-refractivity contribution in [1.29, 1.82) is 0 Å². The first-order valence-corrected chi connectivity index (χ1v) is 2.39. The lowest BCUT2D eigenvalue weighted by atomic mass is 10.2. The smallest absolute Gasteiger partial charge is 0.340 e. The molecule has 0 aliphatic heterocycles. The van der Waals surface area contributed by atoms with Crippen LogP contribution < -0.4 is 0 Å². The second kappa shape index (κ2) is 3.24. The Balaban J connectivity index is 4.61. The lowest BCUT2D eigenvalue weighted by Gasteiger charge is -1.98. The van der Waals surface area contributed by atoms with E-state index in [2.05, 4.69) is 0 Å². The van der Waals surface area contributed by atoms with Gasteiger partial charge in [-0.15, -0.1) is 0 Å². The molecule has 1 N–H and O–H groups in total. The zero-order chi connectivity index (χ0) is 8.31. The summed E-state index contributed by atoms with van der Waals surface area (Å²) in [5.41, 5.74) is -1.47. The highest BCUT2D eigenvalue weighted by Crippen LogP contribution is 2.14. The Morgan fingerprint density at radius 3 is 1.90 bits per heavy atom. The largest absolute Gasteiger partial charge is 0.478 e. The molecule has 5 heteroatoms. The second-order valence-electron chi connectivity index (χ2n) is 1.60. The Morgan fingerprint density at radius 1 is 1.50 bits per heavy atom. The maximum Gasteiger partial charge on any atom is 0.340 e. The molecule has 0 spiro atoms. The van der Waals surface area contributed by atoms with E-state index >= 15 is 0 Å². The van der Waals surface area contributed by atoms with Gasteiger partial charge in [-0.2, -0.15) is 8.78 Å². The molecule has 1 unspecified atom stereocenters. The fourth-order valence-corrected chi connectivity index (χ4v) is 0.401. The van der Waals surface area contributed by atoms with Crippen LogP contribution in [0.15, 0.2) is 11.7 Å². The van der Waals surface area contributed by atoms with Gasteiger partial charge in [-0.25, -0.2) is 9.18 Å². The van der Waals surface area contributed by atoms with Crippen LogP contribution in [0.1, 0.15) is 6.92 Å². The van der Waals surface area contributed by atoms with E-state index in [1.807, 2.05) is 0 Å². The number of carboxylic acids is 1. The van der Waals surface area contributed by atoms with Gasteiger partial charge >= 0.3 is 5.97 Å². The standard InChI is InChI=1S/C5H5F3O2/c1-2(6)3(4(7)8)5(9)10/h2H,1H3,(H,9,10). The quantitative estimate of drug-likeness (QED) is 0.613. The maximum atomic E-state index is 11.9. The molecule has 2 nitrogen and oxygen atoms in total. The average Bonchev–Trinajstić information content (AvgIpc) is 1.59. The van der Waals surface area contributed by atoms with Crippen LogP contribution in [0, 0.1) is 0 Å². The molecule has 58 valence electrons. The molecular weight excluding hydrogens is 149 g/mol. The van der Waals surface area contributed by atoms with Crippen molar-refractivity contribution in [3.63, 3.8) is 0 Å². The Hall–Kier alpha value is -1.00. The topological polar surface area (TPSA) is 37.3 Å². The van der Waals surface area contributed by atoms with Gasteiger partial charge in [-0.1, -0.05) is 0 Å². The van der Waals surface area contributed by atoms with Gasteiger partial charge in [0.25, 0.3) is 6.08 Å². The number of carbonyl (C=O) groups is 1. The first kappa shape index (κ1) is 9.00. The summed E-state index contributed by atoms with van der Waals surface area (Å²) in [5.74, 6) is -1.92. The third kappa shape index (κ3) is 2.08. The predicted octanol–water partition coefficient (Wildman–Crippen LogP) is 1.58. The van der Waals surface area contributed by atoms with Crippen molar-refractivity contribution < 1.29 is 23.1 Å². The third-order valence-electron chi connectivity index (χ3n) is 0.832. The Labute approximate surface area is 55.0 Å². The molecular formula is C5H5F3O2. The van der Waals surface area contributed by atoms with E-state index < -0.39 is 23.8 Å². The van der Waals surface area contributed by atoms with Gasteiger partial charge in [0.2, 0.25) is 0 Å². The summed E-state index contributed by atoms with van der Waals surface area (Å²) in [5, 5.41) is 7.94. The van der Waals surface area contributed by atoms with Crippen LogP contribution in [-0.4, -0.2) is 17.2 Å². The van der Waals surface area contributed by atoms with Gasteiger partial charge in [-0.05, 0) is 6.92 Å². The van der Waals surface area contributed by atoms with Gasteiger partial charge in [-0.3, -0.25) is 0 Å². The van der Waals surface area contributed by atoms with Crippen molar-refractivity contribution >= 4 is 5.97 Å². The van der Waals surface area contributed by atoms with E-state index in [0.717, 1.165) is 6.92 Å². The molecule has 0 aliphatic rings. The van der Waals surface area contributed by atoms with Crippen molar-refractivity contribution in [2.75, 3.05) is 0 Å². The molecule has 1 atom stereocenters. The van der Waals surface area contributed by atoms with Crippen molar-refractivity contribution in [2.24, 2.45) is 0 Å². The van der Waals surface area contributed by atoms with Gasteiger partial charge in [0.05, 0.1) is 0 Å². The SMILES string of the molecule is CC(F)C(C(=O)O)=C(F)F. The van der Waals surface area contributed by atoms with Crippen molar-refractivity contribution in [3.05, 3.63) is 11.7 Å². The van der Waals surface area contributed by atoms with Crippen LogP contribution in [-0.2, 0) is 4.79 Å². The van der Waals surface area contributed by atoms with E-state index in [1.165, 1.54) is 0 Å². The van der Waals surface area contributed by atoms with Crippen LogP contribution in [0.25, 0.3) is 0 Å². The number of alkyl halides is 1. The number of carboxylic acid groups (broad SMARTS) is 1. The monoisotopic (exact) mass is 154 g/mol. The fourth-order valence-electron chi connectivity index (χ4n) is 0.401. The summed E-state index contributed by atoms with van der Waals surface area (Å²) in [6.07, 6.45) is -4.62. The third-order valence-corrected chi connectivity index (χ3v) is 0.832. The van der Waals surface area contributed by atoms with E-state index in [4.69, 9.17) is 5.11 Å². The second-order valence-corrected chi connectivity index (χ2v) is 1.60. The number of halogens is 3. The Bertz CT molecular complexity index is 170. The zero-order valence-electron chi connectivity index (χ0n) is 5.07. The predicted molar refractivity (Wildman–Crippen MR) is 27.4 cm³/mol. The number of aliphatic carboxylic acids is 1. The van der Waals surface area contributed by atoms with E-state index in [-0.39, 0.29) is 0 Å². The summed E-state index contributed by atoms with van der Waals surface area (Å²) >= 11 is 0. The van der Waals surface area contributed by atoms with Gasteiger partial charge in [0.15, 0.2) is 0 Å². The molecule has 0 heterocycles. The van der Waals surface area contributed by atoms with E-state index in [1.54, 1.807) is 0 Å². The first-order valence-electron chi connectivity index (χ1n) is 2.39. The fraction of sp³-hybridized carbons (Fsp3) is 0.400. The minimum atomic E-state index is -2.48. The maximum absolute atomic E-state index is 11.9. The molecule has 0 radical (unpaired) electrons. The van der Waals surface area contributed by atoms with Crippen molar-refractivity contribution in [1.82, 2.24) is 0 Å². The summed E-state index contributed by atoms with van der Waals surface area (Å²) in [7, 11) is 0. The molecule has 0 aromatic rings. The van der Waals surface area contributed by atoms with Gasteiger partial charge in [0.1, 0.15) is 11.7 Å². The first-order chi connectivity index (χ1) is 4.46. The van der Waals surface area contributed by atoms with Crippen LogP contribution in [0.4, 0.5) is 13.2 Å². The van der Waals surface area contributed by atoms with E-state index in [0.29, 0.717) is 0 Å². The lowest BCUT2D eigenvalue weighted by molar-refractivity contribution is -0.133. The number of hydrogen-bond donors (Lipinski definition) is 1. The minimum absolute atomic E-state index is 0.739. The molecule has 0 bridgehead atoms. The molecule has 0 rings (SSSR count). The average molecular weight is 154 g/mol. The van der Waals surface area contributed by atoms with Gasteiger partial charge in [0, 0.05) is 0 Å². The minimum Gasteiger partial charge on any atom is -0.478 e. The van der Waals surface area contributed by atoms with Gasteiger partial charge < -0.3 is 5.11 Å². The molecule has 0 fully saturated rings. The van der Waals surface area contributed by atoms with Crippen LogP contribution in [0.5, 0.6) is 0 Å². The number of rotatable bonds is 2. The summed E-state index contributed by atoms with van der Waals surface area (Å²) in [6, 6.07) is 0. The van der Waals surface area contributed by atoms with Crippen molar-refractivity contribution in [2.45, 2.75) is 13.1 Å². The highest BCUT2D eigenvalue weighted by atomic mass is 19.3. The molecule has 0 aromatic carbocycles. The molecule has 0 aliphatic carbocycles. The summed E-state index contributed by atoms with van der Waals surface area (Å²) in [4.78, 5) is 9.80. The van der Waals surface area contributed by atoms with Crippen LogP contribution in [0.3, 0.4) is 0 Å². The molecule has 10 heavy (non-hydrogen) atoms. The Morgan fingerprint density at radius 2 is 1.90 bits per heavy atom. The van der Waals surface area contributed by atoms with Crippen LogP contribution in [0.2, 0.25) is 0 Å². The lowest BCUT2D eigenvalue weighted by Crippen LogP contribution is -2.11. The summed E-state index contributed by atoms with van der Waals surface area (Å²) in [6.45, 7) is 0.739. The highest BCUT2D eigenvalue weighted by Gasteiger charge is 2.21. The zero-order valence-corrected chi connectivity index (χ0v) is 5.07. The summed E-state index contributed by atoms with van der Waals surface area (Å²) < 4.78 is 34.9. The molecule has 0 aromatic heterocycles. The highest BCUT2D eigenvalue weighted by molar-refractivity contribution is 5.87. The van der Waals surface area contributed by atoms with Crippen LogP contribution >= 0.6 is 0 Å². The molecule has 0 saturated carbocycles.